The Morgan fingerprint density at radius 3 is 2.68 bits per heavy atom. The van der Waals surface area contributed by atoms with E-state index in [-0.39, 0.29) is 5.69 Å². The number of carbonyl (C=O) groups excluding carboxylic acids is 1. The minimum Gasteiger partial charge on any atom is -0.295 e. The first-order chi connectivity index (χ1) is 12.1. The minimum atomic E-state index is -0.505. The van der Waals surface area contributed by atoms with Crippen molar-refractivity contribution in [3.05, 3.63) is 63.3 Å². The number of carbonyl (C=O) groups is 1. The highest BCUT2D eigenvalue weighted by Crippen LogP contribution is 2.17. The van der Waals surface area contributed by atoms with Gasteiger partial charge in [-0.05, 0) is 36.8 Å². The van der Waals surface area contributed by atoms with E-state index in [1.165, 1.54) is 47.7 Å². The summed E-state index contributed by atoms with van der Waals surface area (Å²) in [4.78, 5) is 24.3. The molecular formula is C16H14FN5O2S. The molecule has 7 nitrogen and oxygen atoms in total. The number of benzene rings is 1. The maximum atomic E-state index is 13.0. The van der Waals surface area contributed by atoms with Gasteiger partial charge in [0.1, 0.15) is 16.5 Å². The number of halogens is 1. The number of nitrogens with one attached hydrogen (secondary N) is 1. The van der Waals surface area contributed by atoms with Crippen LogP contribution in [0.25, 0.3) is 5.69 Å². The molecular weight excluding hydrogens is 345 g/mol. The standard InChI is InChI=1S/C16H14FN5O2S/c1-2-3-13-19-20-16(25-13)18-15(24)12-8-9-14(23)22(21-12)11-6-4-10(17)5-7-11/h4-9H,2-3H2,1H3,(H,18,20,24). The molecule has 0 atom stereocenters. The van der Waals surface area contributed by atoms with Crippen molar-refractivity contribution in [1.82, 2.24) is 20.0 Å². The van der Waals surface area contributed by atoms with Crippen molar-refractivity contribution < 1.29 is 9.18 Å². The third kappa shape index (κ3) is 3.94. The van der Waals surface area contributed by atoms with Gasteiger partial charge in [-0.25, -0.2) is 4.39 Å². The normalized spacial score (nSPS) is 10.6. The first-order valence-corrected chi connectivity index (χ1v) is 8.38. The highest BCUT2D eigenvalue weighted by atomic mass is 32.1. The predicted molar refractivity (Wildman–Crippen MR) is 91.6 cm³/mol. The fourth-order valence-corrected chi connectivity index (χ4v) is 2.92. The SMILES string of the molecule is CCCc1nnc(NC(=O)c2ccc(=O)n(-c3ccc(F)cc3)n2)s1. The number of hydrogen-bond acceptors (Lipinski definition) is 6. The van der Waals surface area contributed by atoms with Crippen LogP contribution in [0.4, 0.5) is 9.52 Å². The van der Waals surface area contributed by atoms with Crippen molar-refractivity contribution in [2.24, 2.45) is 0 Å². The van der Waals surface area contributed by atoms with E-state index in [1.54, 1.807) is 0 Å². The Morgan fingerprint density at radius 1 is 1.20 bits per heavy atom. The van der Waals surface area contributed by atoms with Gasteiger partial charge in [-0.2, -0.15) is 9.78 Å². The van der Waals surface area contributed by atoms with Gasteiger partial charge >= 0.3 is 0 Å². The van der Waals surface area contributed by atoms with Gasteiger partial charge in [-0.1, -0.05) is 18.3 Å². The molecule has 0 aliphatic rings. The van der Waals surface area contributed by atoms with Crippen LogP contribution in [-0.4, -0.2) is 25.9 Å². The monoisotopic (exact) mass is 359 g/mol. The third-order valence-corrected chi connectivity index (χ3v) is 4.15. The summed E-state index contributed by atoms with van der Waals surface area (Å²) in [5.74, 6) is -0.931. The average Bonchev–Trinajstić information content (AvgIpc) is 3.03. The fraction of sp³-hybridized carbons (Fsp3) is 0.188. The number of aromatic nitrogens is 4. The lowest BCUT2D eigenvalue weighted by atomic mass is 10.3. The van der Waals surface area contributed by atoms with Crippen molar-refractivity contribution in [3.63, 3.8) is 0 Å². The second-order valence-corrected chi connectivity index (χ2v) is 6.21. The lowest BCUT2D eigenvalue weighted by Crippen LogP contribution is -2.24. The van der Waals surface area contributed by atoms with Gasteiger partial charge in [0, 0.05) is 12.5 Å². The number of anilines is 1. The predicted octanol–water partition coefficient (Wildman–Crippen LogP) is 2.43. The Hall–Kier alpha value is -2.94. The molecule has 0 radical (unpaired) electrons. The molecule has 1 N–H and O–H groups in total. The van der Waals surface area contributed by atoms with E-state index in [0.29, 0.717) is 10.8 Å². The van der Waals surface area contributed by atoms with E-state index in [2.05, 4.69) is 20.6 Å². The summed E-state index contributed by atoms with van der Waals surface area (Å²) < 4.78 is 14.1. The number of nitrogens with zero attached hydrogens (tertiary/aromatic N) is 4. The van der Waals surface area contributed by atoms with Gasteiger partial charge in [0.25, 0.3) is 11.5 Å². The van der Waals surface area contributed by atoms with E-state index in [4.69, 9.17) is 0 Å². The summed E-state index contributed by atoms with van der Waals surface area (Å²) in [5.41, 5.74) is -0.0253. The molecule has 0 unspecified atom stereocenters. The molecule has 0 saturated carbocycles. The lowest BCUT2D eigenvalue weighted by molar-refractivity contribution is 0.102. The zero-order chi connectivity index (χ0) is 17.8. The van der Waals surface area contributed by atoms with Crippen LogP contribution in [0.5, 0.6) is 0 Å². The molecule has 0 spiro atoms. The van der Waals surface area contributed by atoms with Gasteiger partial charge in [0.05, 0.1) is 5.69 Å². The average molecular weight is 359 g/mol. The number of hydrogen-bond donors (Lipinski definition) is 1. The van der Waals surface area contributed by atoms with Gasteiger partial charge in [0.15, 0.2) is 0 Å². The van der Waals surface area contributed by atoms with Crippen LogP contribution in [0, 0.1) is 5.82 Å². The van der Waals surface area contributed by atoms with Crippen molar-refractivity contribution >= 4 is 22.4 Å². The van der Waals surface area contributed by atoms with E-state index in [9.17, 15) is 14.0 Å². The smallest absolute Gasteiger partial charge is 0.277 e. The lowest BCUT2D eigenvalue weighted by Gasteiger charge is -2.06. The van der Waals surface area contributed by atoms with Gasteiger partial charge in [0.2, 0.25) is 5.13 Å². The number of aryl methyl sites for hydroxylation is 1. The molecule has 25 heavy (non-hydrogen) atoms. The molecule has 0 aliphatic heterocycles. The summed E-state index contributed by atoms with van der Waals surface area (Å²) in [7, 11) is 0. The first-order valence-electron chi connectivity index (χ1n) is 7.57. The summed E-state index contributed by atoms with van der Waals surface area (Å²) >= 11 is 1.29. The topological polar surface area (TPSA) is 89.8 Å². The Morgan fingerprint density at radius 2 is 1.96 bits per heavy atom. The molecule has 9 heteroatoms. The molecule has 2 aromatic heterocycles. The molecule has 0 fully saturated rings. The minimum absolute atomic E-state index is 0.0381. The van der Waals surface area contributed by atoms with E-state index in [1.807, 2.05) is 6.92 Å². The number of rotatable bonds is 5. The number of amides is 1. The summed E-state index contributed by atoms with van der Waals surface area (Å²) in [6.45, 7) is 2.03. The second-order valence-electron chi connectivity index (χ2n) is 5.15. The quantitative estimate of drug-likeness (QED) is 0.756. The van der Waals surface area contributed by atoms with Gasteiger partial charge in [-0.3, -0.25) is 14.9 Å². The van der Waals surface area contributed by atoms with Crippen molar-refractivity contribution in [1.29, 1.82) is 0 Å². The third-order valence-electron chi connectivity index (χ3n) is 3.26. The van der Waals surface area contributed by atoms with Crippen molar-refractivity contribution in [2.75, 3.05) is 5.32 Å². The Balaban J connectivity index is 1.84. The van der Waals surface area contributed by atoms with E-state index >= 15 is 0 Å². The van der Waals surface area contributed by atoms with Crippen molar-refractivity contribution in [3.8, 4) is 5.69 Å². The molecule has 128 valence electrons. The van der Waals surface area contributed by atoms with Crippen LogP contribution in [-0.2, 0) is 6.42 Å². The van der Waals surface area contributed by atoms with Crippen LogP contribution in [0.2, 0.25) is 0 Å². The van der Waals surface area contributed by atoms with E-state index < -0.39 is 17.3 Å². The molecule has 1 aromatic carbocycles. The Bertz CT molecular complexity index is 952. The fourth-order valence-electron chi connectivity index (χ4n) is 2.08. The Kier molecular flexibility index (Phi) is 4.94. The van der Waals surface area contributed by atoms with Crippen LogP contribution >= 0.6 is 11.3 Å². The van der Waals surface area contributed by atoms with Crippen molar-refractivity contribution in [2.45, 2.75) is 19.8 Å². The van der Waals surface area contributed by atoms with Gasteiger partial charge < -0.3 is 0 Å². The second kappa shape index (κ2) is 7.31. The molecule has 0 aliphatic carbocycles. The molecule has 3 rings (SSSR count). The summed E-state index contributed by atoms with van der Waals surface area (Å²) in [5, 5.41) is 15.7. The van der Waals surface area contributed by atoms with E-state index in [0.717, 1.165) is 22.5 Å². The molecule has 3 aromatic rings. The molecule has 1 amide bonds. The van der Waals surface area contributed by atoms with Crippen LogP contribution < -0.4 is 10.9 Å². The van der Waals surface area contributed by atoms with Gasteiger partial charge in [-0.15, -0.1) is 10.2 Å². The maximum Gasteiger partial charge on any atom is 0.277 e. The summed E-state index contributed by atoms with van der Waals surface area (Å²) in [6.07, 6.45) is 1.73. The molecule has 2 heterocycles. The zero-order valence-corrected chi connectivity index (χ0v) is 14.1. The largest absolute Gasteiger partial charge is 0.295 e. The van der Waals surface area contributed by atoms with Crippen LogP contribution in [0.15, 0.2) is 41.2 Å². The van der Waals surface area contributed by atoms with Crippen LogP contribution in [0.3, 0.4) is 0 Å². The zero-order valence-electron chi connectivity index (χ0n) is 13.3. The first kappa shape index (κ1) is 16.9. The molecule has 0 bridgehead atoms. The highest BCUT2D eigenvalue weighted by molar-refractivity contribution is 7.15. The Labute approximate surface area is 146 Å². The maximum absolute atomic E-state index is 13.0. The highest BCUT2D eigenvalue weighted by Gasteiger charge is 2.13. The van der Waals surface area contributed by atoms with Crippen LogP contribution in [0.1, 0.15) is 28.8 Å². The summed E-state index contributed by atoms with van der Waals surface area (Å²) in [6, 6.07) is 7.80. The molecule has 0 saturated heterocycles.